The smallest absolute Gasteiger partial charge is 0.0671 e. The normalized spacial score (nSPS) is 14.8. The van der Waals surface area contributed by atoms with E-state index >= 15 is 0 Å². The van der Waals surface area contributed by atoms with Crippen molar-refractivity contribution in [1.29, 1.82) is 0 Å². The van der Waals surface area contributed by atoms with Crippen LogP contribution in [-0.4, -0.2) is 24.2 Å². The minimum atomic E-state index is 0.254. The molecule has 1 aromatic rings. The van der Waals surface area contributed by atoms with Crippen LogP contribution in [0.2, 0.25) is 0 Å². The summed E-state index contributed by atoms with van der Waals surface area (Å²) in [5.41, 5.74) is 2.53. The molecule has 0 aliphatic heterocycles. The van der Waals surface area contributed by atoms with Gasteiger partial charge in [0, 0.05) is 31.6 Å². The van der Waals surface area contributed by atoms with E-state index in [-0.39, 0.29) is 6.10 Å². The second kappa shape index (κ2) is 6.61. The van der Waals surface area contributed by atoms with Crippen LogP contribution in [0.5, 0.6) is 0 Å². The zero-order valence-corrected chi connectivity index (χ0v) is 10.7. The summed E-state index contributed by atoms with van der Waals surface area (Å²) in [6, 6.07) is 2.36. The molecule has 0 saturated carbocycles. The molecule has 0 fully saturated rings. The lowest BCUT2D eigenvalue weighted by atomic mass is 10.1. The topological polar surface area (TPSA) is 34.1 Å². The van der Waals surface area contributed by atoms with Gasteiger partial charge < -0.3 is 10.1 Å². The molecule has 2 unspecified atom stereocenters. The maximum atomic E-state index is 5.48. The molecule has 0 amide bonds. The SMILES string of the molecule is CCOC(C)CNC(C)c1cnccc1C. The summed E-state index contributed by atoms with van der Waals surface area (Å²) in [5, 5.41) is 3.46. The first-order valence-electron chi connectivity index (χ1n) is 5.90. The summed E-state index contributed by atoms with van der Waals surface area (Å²) in [5.74, 6) is 0. The van der Waals surface area contributed by atoms with E-state index in [1.807, 2.05) is 25.4 Å². The quantitative estimate of drug-likeness (QED) is 0.803. The first-order valence-corrected chi connectivity index (χ1v) is 5.90. The van der Waals surface area contributed by atoms with E-state index in [0.29, 0.717) is 6.04 Å². The summed E-state index contributed by atoms with van der Waals surface area (Å²) < 4.78 is 5.48. The van der Waals surface area contributed by atoms with Gasteiger partial charge in [0.25, 0.3) is 0 Å². The molecular formula is C13H22N2O. The molecule has 0 saturated heterocycles. The van der Waals surface area contributed by atoms with Gasteiger partial charge in [-0.1, -0.05) is 0 Å². The van der Waals surface area contributed by atoms with Crippen LogP contribution in [0.15, 0.2) is 18.5 Å². The Kier molecular flexibility index (Phi) is 5.43. The highest BCUT2D eigenvalue weighted by atomic mass is 16.5. The van der Waals surface area contributed by atoms with Crippen molar-refractivity contribution in [3.8, 4) is 0 Å². The second-order valence-corrected chi connectivity index (χ2v) is 4.13. The Labute approximate surface area is 98.2 Å². The van der Waals surface area contributed by atoms with E-state index in [1.54, 1.807) is 0 Å². The zero-order chi connectivity index (χ0) is 12.0. The zero-order valence-electron chi connectivity index (χ0n) is 10.7. The highest BCUT2D eigenvalue weighted by Gasteiger charge is 2.09. The summed E-state index contributed by atoms with van der Waals surface area (Å²) in [7, 11) is 0. The fourth-order valence-corrected chi connectivity index (χ4v) is 1.73. The van der Waals surface area contributed by atoms with E-state index in [9.17, 15) is 0 Å². The van der Waals surface area contributed by atoms with Gasteiger partial charge in [0.05, 0.1) is 6.10 Å². The van der Waals surface area contributed by atoms with Crippen molar-refractivity contribution in [1.82, 2.24) is 10.3 Å². The summed E-state index contributed by atoms with van der Waals surface area (Å²) in [4.78, 5) is 4.16. The van der Waals surface area contributed by atoms with Crippen molar-refractivity contribution < 1.29 is 4.74 Å². The van der Waals surface area contributed by atoms with Gasteiger partial charge in [-0.2, -0.15) is 0 Å². The third-order valence-corrected chi connectivity index (χ3v) is 2.71. The fraction of sp³-hybridized carbons (Fsp3) is 0.615. The Morgan fingerprint density at radius 2 is 2.19 bits per heavy atom. The monoisotopic (exact) mass is 222 g/mol. The number of nitrogens with zero attached hydrogens (tertiary/aromatic N) is 1. The molecule has 3 nitrogen and oxygen atoms in total. The average Bonchev–Trinajstić information content (AvgIpc) is 2.27. The summed E-state index contributed by atoms with van der Waals surface area (Å²) >= 11 is 0. The largest absolute Gasteiger partial charge is 0.377 e. The van der Waals surface area contributed by atoms with Gasteiger partial charge >= 0.3 is 0 Å². The van der Waals surface area contributed by atoms with Gasteiger partial charge in [0.1, 0.15) is 0 Å². The maximum Gasteiger partial charge on any atom is 0.0671 e. The lowest BCUT2D eigenvalue weighted by Gasteiger charge is -2.19. The number of pyridine rings is 1. The Morgan fingerprint density at radius 1 is 1.44 bits per heavy atom. The van der Waals surface area contributed by atoms with Crippen LogP contribution in [0.4, 0.5) is 0 Å². The summed E-state index contributed by atoms with van der Waals surface area (Å²) in [6.45, 7) is 10.0. The number of ether oxygens (including phenoxy) is 1. The fourth-order valence-electron chi connectivity index (χ4n) is 1.73. The number of aromatic nitrogens is 1. The minimum absolute atomic E-state index is 0.254. The van der Waals surface area contributed by atoms with Crippen molar-refractivity contribution in [2.24, 2.45) is 0 Å². The molecule has 0 spiro atoms. The van der Waals surface area contributed by atoms with Gasteiger partial charge in [0.2, 0.25) is 0 Å². The van der Waals surface area contributed by atoms with Crippen molar-refractivity contribution in [2.75, 3.05) is 13.2 Å². The Hall–Kier alpha value is -0.930. The molecule has 90 valence electrons. The number of hydrogen-bond donors (Lipinski definition) is 1. The number of aryl methyl sites for hydroxylation is 1. The molecule has 1 heterocycles. The number of rotatable bonds is 6. The van der Waals surface area contributed by atoms with E-state index < -0.39 is 0 Å². The minimum Gasteiger partial charge on any atom is -0.377 e. The van der Waals surface area contributed by atoms with Crippen LogP contribution in [0.1, 0.15) is 37.9 Å². The van der Waals surface area contributed by atoms with E-state index in [4.69, 9.17) is 4.74 Å². The molecule has 0 bridgehead atoms. The molecule has 0 radical (unpaired) electrons. The molecule has 0 aromatic carbocycles. The standard InChI is InChI=1S/C13H22N2O/c1-5-16-11(3)8-15-12(4)13-9-14-7-6-10(13)2/h6-7,9,11-12,15H,5,8H2,1-4H3. The first kappa shape index (κ1) is 13.1. The lowest BCUT2D eigenvalue weighted by Crippen LogP contribution is -2.29. The molecule has 1 N–H and O–H groups in total. The Bertz CT molecular complexity index is 315. The average molecular weight is 222 g/mol. The lowest BCUT2D eigenvalue weighted by molar-refractivity contribution is 0.0743. The van der Waals surface area contributed by atoms with Gasteiger partial charge in [-0.25, -0.2) is 0 Å². The van der Waals surface area contributed by atoms with E-state index in [1.165, 1.54) is 11.1 Å². The molecular weight excluding hydrogens is 200 g/mol. The highest BCUT2D eigenvalue weighted by molar-refractivity contribution is 5.24. The third-order valence-electron chi connectivity index (χ3n) is 2.71. The summed E-state index contributed by atoms with van der Waals surface area (Å²) in [6.07, 6.45) is 4.01. The molecule has 0 aliphatic carbocycles. The number of hydrogen-bond acceptors (Lipinski definition) is 3. The first-order chi connectivity index (χ1) is 7.65. The molecule has 1 aromatic heterocycles. The van der Waals surface area contributed by atoms with Crippen molar-refractivity contribution in [2.45, 2.75) is 39.8 Å². The van der Waals surface area contributed by atoms with Crippen LogP contribution in [0.3, 0.4) is 0 Å². The third kappa shape index (κ3) is 3.91. The number of nitrogens with one attached hydrogen (secondary N) is 1. The Balaban J connectivity index is 2.46. The van der Waals surface area contributed by atoms with Gasteiger partial charge in [0.15, 0.2) is 0 Å². The van der Waals surface area contributed by atoms with Crippen molar-refractivity contribution in [3.63, 3.8) is 0 Å². The Morgan fingerprint density at radius 3 is 2.81 bits per heavy atom. The molecule has 3 heteroatoms. The molecule has 2 atom stereocenters. The van der Waals surface area contributed by atoms with Crippen molar-refractivity contribution in [3.05, 3.63) is 29.6 Å². The molecule has 16 heavy (non-hydrogen) atoms. The molecule has 1 rings (SSSR count). The molecule has 0 aliphatic rings. The van der Waals surface area contributed by atoms with Crippen LogP contribution in [0, 0.1) is 6.92 Å². The second-order valence-electron chi connectivity index (χ2n) is 4.13. The van der Waals surface area contributed by atoms with Crippen LogP contribution >= 0.6 is 0 Å². The highest BCUT2D eigenvalue weighted by Crippen LogP contribution is 2.15. The van der Waals surface area contributed by atoms with Crippen LogP contribution in [-0.2, 0) is 4.74 Å². The van der Waals surface area contributed by atoms with Gasteiger partial charge in [-0.15, -0.1) is 0 Å². The van der Waals surface area contributed by atoms with E-state index in [0.717, 1.165) is 13.2 Å². The van der Waals surface area contributed by atoms with E-state index in [2.05, 4.69) is 31.1 Å². The predicted molar refractivity (Wildman–Crippen MR) is 66.5 cm³/mol. The predicted octanol–water partition coefficient (Wildman–Crippen LogP) is 2.47. The van der Waals surface area contributed by atoms with Gasteiger partial charge in [-0.3, -0.25) is 4.98 Å². The van der Waals surface area contributed by atoms with Gasteiger partial charge in [-0.05, 0) is 44.9 Å². The van der Waals surface area contributed by atoms with Crippen LogP contribution in [0.25, 0.3) is 0 Å². The maximum absolute atomic E-state index is 5.48. The van der Waals surface area contributed by atoms with Crippen LogP contribution < -0.4 is 5.32 Å². The van der Waals surface area contributed by atoms with Crippen molar-refractivity contribution >= 4 is 0 Å².